The summed E-state index contributed by atoms with van der Waals surface area (Å²) in [5.74, 6) is -9.40. The van der Waals surface area contributed by atoms with Crippen molar-refractivity contribution in [3.05, 3.63) is 102 Å². The van der Waals surface area contributed by atoms with E-state index in [1.807, 2.05) is 0 Å². The molecule has 1 saturated carbocycles. The highest BCUT2D eigenvalue weighted by Gasteiger charge is 2.78. The number of ether oxygens (including phenoxy) is 1. The number of amides is 1. The van der Waals surface area contributed by atoms with Crippen molar-refractivity contribution < 1.29 is 44.3 Å². The first kappa shape index (κ1) is 42.4. The highest BCUT2D eigenvalue weighted by Crippen LogP contribution is 2.72. The van der Waals surface area contributed by atoms with E-state index < -0.39 is 105 Å². The molecule has 1 amide bonds. The summed E-state index contributed by atoms with van der Waals surface area (Å²) in [6, 6.07) is 4.47. The van der Waals surface area contributed by atoms with E-state index in [-0.39, 0.29) is 55.9 Å². The van der Waals surface area contributed by atoms with Gasteiger partial charge in [-0.25, -0.2) is 31.0 Å². The molecule has 4 N–H and O–H groups in total. The number of amidine groups is 1. The van der Waals surface area contributed by atoms with Gasteiger partial charge in [0, 0.05) is 31.0 Å². The van der Waals surface area contributed by atoms with Crippen LogP contribution in [0.5, 0.6) is 5.88 Å². The fourth-order valence-electron chi connectivity index (χ4n) is 7.59. The molecular formula is C36H30Cl2F6N10O5S. The first-order valence-electron chi connectivity index (χ1n) is 17.4. The van der Waals surface area contributed by atoms with Crippen LogP contribution in [0.3, 0.4) is 0 Å². The van der Waals surface area contributed by atoms with Gasteiger partial charge in [0.2, 0.25) is 11.8 Å². The monoisotopic (exact) mass is 898 g/mol. The molecule has 0 aliphatic heterocycles. The zero-order chi connectivity index (χ0) is 43.8. The Morgan fingerprint density at radius 1 is 1.13 bits per heavy atom. The van der Waals surface area contributed by atoms with Gasteiger partial charge in [0.1, 0.15) is 51.8 Å². The Hall–Kier alpha value is -5.74. The number of hydrogen-bond donors (Lipinski definition) is 3. The normalized spacial score (nSPS) is 18.6. The molecule has 24 heteroatoms. The van der Waals surface area contributed by atoms with Gasteiger partial charge in [0.05, 0.1) is 46.8 Å². The molecule has 0 radical (unpaired) electrons. The van der Waals surface area contributed by atoms with Gasteiger partial charge in [0.25, 0.3) is 22.0 Å². The molecule has 3 aromatic heterocycles. The van der Waals surface area contributed by atoms with E-state index >= 15 is 8.78 Å². The molecule has 0 saturated heterocycles. The molecular weight excluding hydrogens is 869 g/mol. The summed E-state index contributed by atoms with van der Waals surface area (Å²) in [7, 11) is -1.52. The second-order valence-corrected chi connectivity index (χ2v) is 16.3. The summed E-state index contributed by atoms with van der Waals surface area (Å²) in [5, 5.41) is 8.54. The van der Waals surface area contributed by atoms with Gasteiger partial charge in [-0.2, -0.15) is 18.9 Å². The number of fused-ring (bicyclic) bond motifs is 4. The lowest BCUT2D eigenvalue weighted by molar-refractivity contribution is -0.123. The maximum Gasteiger partial charge on any atom is 0.314 e. The third kappa shape index (κ3) is 7.08. The molecule has 3 atom stereocenters. The minimum absolute atomic E-state index is 0.108. The zero-order valence-corrected chi connectivity index (χ0v) is 33.5. The van der Waals surface area contributed by atoms with E-state index in [2.05, 4.69) is 41.8 Å². The van der Waals surface area contributed by atoms with Crippen molar-refractivity contribution in [2.24, 2.45) is 15.1 Å². The number of rotatable bonds is 13. The second-order valence-electron chi connectivity index (χ2n) is 13.9. The standard InChI is InChI=1S/C36H30Cl2F6N10O5S/c1-46-26-22(6-5-19(37)25(26)30(45)52-60(4,57)58)54-32(49-31-17(34(54)56)11-20(38)33(50-31)59-3)21(9-14-7-15(39)10-16(40)8-14)48-23(55)13-53-28-24(27(51-53)29(41)42)18-12-35(18,47-2)36(28,43)44/h5-8,10-11,18,21,29,46H,2,9,12-13H2,1,3-4H3,(H2,45,52)(H,48,55)/t18?,21-,35?/m0/s1. The summed E-state index contributed by atoms with van der Waals surface area (Å²) in [6.45, 7) is 2.15. The molecule has 316 valence electrons. The molecule has 5 aromatic rings. The zero-order valence-electron chi connectivity index (χ0n) is 31.2. The lowest BCUT2D eigenvalue weighted by Crippen LogP contribution is -2.39. The van der Waals surface area contributed by atoms with Gasteiger partial charge in [0.15, 0.2) is 5.65 Å². The molecule has 2 aliphatic rings. The summed E-state index contributed by atoms with van der Waals surface area (Å²) in [6.07, 6.45) is -3.35. The van der Waals surface area contributed by atoms with Crippen LogP contribution in [0.25, 0.3) is 16.7 Å². The Balaban J connectivity index is 1.45. The minimum atomic E-state index is -4.11. The van der Waals surface area contributed by atoms with E-state index in [4.69, 9.17) is 33.7 Å². The molecule has 60 heavy (non-hydrogen) atoms. The van der Waals surface area contributed by atoms with Crippen LogP contribution >= 0.6 is 23.2 Å². The van der Waals surface area contributed by atoms with Crippen LogP contribution < -0.4 is 26.7 Å². The fraction of sp³-hybridized carbons (Fsp3) is 0.306. The maximum absolute atomic E-state index is 15.9. The average Bonchev–Trinajstić information content (AvgIpc) is 3.73. The molecule has 0 bridgehead atoms. The van der Waals surface area contributed by atoms with Gasteiger partial charge < -0.3 is 21.1 Å². The molecule has 15 nitrogen and oxygen atoms in total. The number of carbonyl (C=O) groups is 1. The van der Waals surface area contributed by atoms with Crippen molar-refractivity contribution in [3.8, 4) is 11.6 Å². The number of anilines is 1. The number of carbonyl (C=O) groups excluding carboxylic acids is 1. The number of nitrogens with two attached hydrogens (primary N) is 1. The van der Waals surface area contributed by atoms with Crippen LogP contribution in [0.2, 0.25) is 10.0 Å². The van der Waals surface area contributed by atoms with Crippen LogP contribution in [0.1, 0.15) is 58.7 Å². The third-order valence-corrected chi connectivity index (χ3v) is 11.2. The van der Waals surface area contributed by atoms with E-state index in [0.717, 1.165) is 23.0 Å². The van der Waals surface area contributed by atoms with E-state index in [0.29, 0.717) is 10.7 Å². The number of sulfonamides is 1. The molecule has 7 rings (SSSR count). The molecule has 1 fully saturated rings. The van der Waals surface area contributed by atoms with Crippen molar-refractivity contribution in [2.75, 3.05) is 25.7 Å². The first-order chi connectivity index (χ1) is 28.2. The van der Waals surface area contributed by atoms with Crippen molar-refractivity contribution >= 4 is 68.4 Å². The van der Waals surface area contributed by atoms with Gasteiger partial charge in [-0.15, -0.1) is 4.40 Å². The van der Waals surface area contributed by atoms with E-state index in [9.17, 15) is 35.6 Å². The number of hydrogen-bond acceptors (Lipinski definition) is 10. The lowest BCUT2D eigenvalue weighted by Gasteiger charge is -2.25. The molecule has 2 aliphatic carbocycles. The van der Waals surface area contributed by atoms with Gasteiger partial charge >= 0.3 is 5.92 Å². The number of nitrogens with one attached hydrogen (secondary N) is 2. The summed E-state index contributed by atoms with van der Waals surface area (Å²) < 4.78 is 124. The topological polar surface area (TPSA) is 201 Å². The average molecular weight is 900 g/mol. The largest absolute Gasteiger partial charge is 0.480 e. The number of halogens is 8. The predicted octanol–water partition coefficient (Wildman–Crippen LogP) is 5.35. The SMILES string of the molecule is C=NC12CC1c1c(C(F)F)nn(CC(=O)N[C@@H](Cc3cc(F)cc(F)c3)c3nc4nc(OC)c(Cl)cc4c(=O)n3-c3ccc(Cl)c(C(N)=NS(C)(=O)=O)c3NC)c1C2(F)F. The first-order valence-corrected chi connectivity index (χ1v) is 20.0. The van der Waals surface area contributed by atoms with Gasteiger partial charge in [-0.05, 0) is 49.0 Å². The molecule has 2 aromatic carbocycles. The number of alkyl halides is 4. The van der Waals surface area contributed by atoms with Crippen LogP contribution in [-0.2, 0) is 33.7 Å². The maximum atomic E-state index is 15.9. The molecule has 0 spiro atoms. The smallest absolute Gasteiger partial charge is 0.314 e. The van der Waals surface area contributed by atoms with Gasteiger partial charge in [-0.1, -0.05) is 23.2 Å². The van der Waals surface area contributed by atoms with Crippen LogP contribution in [0.15, 0.2) is 50.6 Å². The van der Waals surface area contributed by atoms with Crippen molar-refractivity contribution in [1.82, 2.24) is 29.6 Å². The molecule has 2 unspecified atom stereocenters. The lowest BCUT2D eigenvalue weighted by atomic mass is 10.0. The number of benzene rings is 2. The fourth-order valence-corrected chi connectivity index (χ4v) is 8.52. The number of methoxy groups -OCH3 is 1. The summed E-state index contributed by atoms with van der Waals surface area (Å²) in [5.41, 5.74) is -0.151. The van der Waals surface area contributed by atoms with Crippen LogP contribution in [0, 0.1) is 11.6 Å². The van der Waals surface area contributed by atoms with Crippen molar-refractivity contribution in [1.29, 1.82) is 0 Å². The van der Waals surface area contributed by atoms with Crippen molar-refractivity contribution in [3.63, 3.8) is 0 Å². The minimum Gasteiger partial charge on any atom is -0.480 e. The highest BCUT2D eigenvalue weighted by molar-refractivity contribution is 7.89. The number of aromatic nitrogens is 5. The number of aliphatic imine (C=N–C) groups is 1. The Kier molecular flexibility index (Phi) is 10.6. The van der Waals surface area contributed by atoms with Crippen LogP contribution in [0.4, 0.5) is 32.0 Å². The molecule has 3 heterocycles. The Morgan fingerprint density at radius 2 is 1.82 bits per heavy atom. The Bertz CT molecular complexity index is 2840. The van der Waals surface area contributed by atoms with Gasteiger partial charge in [-0.3, -0.25) is 23.8 Å². The second kappa shape index (κ2) is 15.1. The quantitative estimate of drug-likeness (QED) is 0.0787. The number of pyridine rings is 1. The van der Waals surface area contributed by atoms with Crippen molar-refractivity contribution in [2.45, 2.75) is 49.2 Å². The predicted molar refractivity (Wildman–Crippen MR) is 208 cm³/mol. The van der Waals surface area contributed by atoms with Crippen LogP contribution in [-0.4, -0.2) is 77.1 Å². The Morgan fingerprint density at radius 3 is 2.42 bits per heavy atom. The third-order valence-electron chi connectivity index (χ3n) is 10.1. The number of nitrogens with zero attached hydrogens (tertiary/aromatic N) is 7. The van der Waals surface area contributed by atoms with E-state index in [1.165, 1.54) is 32.4 Å². The summed E-state index contributed by atoms with van der Waals surface area (Å²) in [4.78, 5) is 41.1. The Labute approximate surface area is 345 Å². The summed E-state index contributed by atoms with van der Waals surface area (Å²) >= 11 is 12.8. The highest BCUT2D eigenvalue weighted by atomic mass is 35.5. The van der Waals surface area contributed by atoms with E-state index in [1.54, 1.807) is 0 Å².